The number of carbonyl (C=O) groups is 1. The maximum atomic E-state index is 12.2. The van der Waals surface area contributed by atoms with Crippen LogP contribution in [0.15, 0.2) is 54.6 Å². The summed E-state index contributed by atoms with van der Waals surface area (Å²) in [6.45, 7) is 2.15. The first-order chi connectivity index (χ1) is 11.1. The largest absolute Gasteiger partial charge is 0.383 e. The molecule has 4 heteroatoms. The van der Waals surface area contributed by atoms with E-state index in [9.17, 15) is 9.90 Å². The van der Waals surface area contributed by atoms with E-state index in [0.717, 1.165) is 29.7 Å². The lowest BCUT2D eigenvalue weighted by atomic mass is 9.89. The number of para-hydroxylation sites is 1. The summed E-state index contributed by atoms with van der Waals surface area (Å²) in [5.41, 5.74) is 1.64. The van der Waals surface area contributed by atoms with Crippen molar-refractivity contribution in [1.82, 2.24) is 5.32 Å². The molecule has 0 radical (unpaired) electrons. The van der Waals surface area contributed by atoms with Gasteiger partial charge >= 0.3 is 6.03 Å². The molecule has 2 amide bonds. The van der Waals surface area contributed by atoms with Gasteiger partial charge in [-0.05, 0) is 42.9 Å². The highest BCUT2D eigenvalue weighted by molar-refractivity contribution is 5.90. The molecule has 0 heterocycles. The van der Waals surface area contributed by atoms with Gasteiger partial charge in [0, 0.05) is 5.69 Å². The number of rotatable bonds is 5. The van der Waals surface area contributed by atoms with Crippen molar-refractivity contribution in [3.63, 3.8) is 0 Å². The highest BCUT2D eigenvalue weighted by Crippen LogP contribution is 2.45. The third-order valence-corrected chi connectivity index (χ3v) is 4.44. The van der Waals surface area contributed by atoms with Crippen LogP contribution in [0.4, 0.5) is 10.5 Å². The van der Waals surface area contributed by atoms with Gasteiger partial charge < -0.3 is 15.7 Å². The molecule has 0 saturated heterocycles. The molecule has 2 aromatic rings. The number of hydrogen-bond donors (Lipinski definition) is 3. The quantitative estimate of drug-likeness (QED) is 0.792. The predicted octanol–water partition coefficient (Wildman–Crippen LogP) is 3.41. The Hall–Kier alpha value is -2.33. The maximum Gasteiger partial charge on any atom is 0.319 e. The van der Waals surface area contributed by atoms with Crippen molar-refractivity contribution in [1.29, 1.82) is 0 Å². The highest BCUT2D eigenvalue weighted by Gasteiger charge is 2.45. The molecule has 23 heavy (non-hydrogen) atoms. The zero-order valence-electron chi connectivity index (χ0n) is 13.3. The van der Waals surface area contributed by atoms with Crippen LogP contribution in [0.2, 0.25) is 0 Å². The van der Waals surface area contributed by atoms with Gasteiger partial charge in [0.1, 0.15) is 5.60 Å². The molecule has 0 aliphatic heterocycles. The topological polar surface area (TPSA) is 61.4 Å². The molecule has 0 spiro atoms. The Morgan fingerprint density at radius 2 is 1.78 bits per heavy atom. The van der Waals surface area contributed by atoms with Crippen LogP contribution in [-0.2, 0) is 5.60 Å². The lowest BCUT2D eigenvalue weighted by Crippen LogP contribution is -2.44. The summed E-state index contributed by atoms with van der Waals surface area (Å²) < 4.78 is 0. The third kappa shape index (κ3) is 3.54. The number of hydrogen-bond acceptors (Lipinski definition) is 2. The zero-order chi connectivity index (χ0) is 16.3. The fourth-order valence-electron chi connectivity index (χ4n) is 2.86. The summed E-state index contributed by atoms with van der Waals surface area (Å²) in [5, 5.41) is 16.7. The highest BCUT2D eigenvalue weighted by atomic mass is 16.3. The minimum atomic E-state index is -0.996. The number of urea groups is 1. The van der Waals surface area contributed by atoms with Crippen LogP contribution in [-0.4, -0.2) is 17.7 Å². The van der Waals surface area contributed by atoms with Gasteiger partial charge in [0.05, 0.1) is 6.54 Å². The summed E-state index contributed by atoms with van der Waals surface area (Å²) in [7, 11) is 0. The number of aryl methyl sites for hydroxylation is 1. The lowest BCUT2D eigenvalue weighted by Gasteiger charge is -2.29. The van der Waals surface area contributed by atoms with Crippen LogP contribution in [0.1, 0.15) is 24.0 Å². The molecule has 1 aliphatic carbocycles. The smallest absolute Gasteiger partial charge is 0.319 e. The summed E-state index contributed by atoms with van der Waals surface area (Å²) in [6.07, 6.45) is 1.99. The monoisotopic (exact) mass is 310 g/mol. The summed E-state index contributed by atoms with van der Waals surface area (Å²) >= 11 is 0. The molecule has 1 saturated carbocycles. The number of carbonyl (C=O) groups excluding carboxylic acids is 1. The Bertz CT molecular complexity index is 683. The first-order valence-corrected chi connectivity index (χ1v) is 7.98. The van der Waals surface area contributed by atoms with Gasteiger partial charge in [0.2, 0.25) is 0 Å². The molecule has 1 atom stereocenters. The first kappa shape index (κ1) is 15.6. The van der Waals surface area contributed by atoms with Crippen LogP contribution < -0.4 is 10.6 Å². The second-order valence-corrected chi connectivity index (χ2v) is 6.19. The number of anilines is 1. The molecule has 1 aliphatic rings. The third-order valence-electron chi connectivity index (χ3n) is 4.44. The van der Waals surface area contributed by atoms with Gasteiger partial charge in [-0.15, -0.1) is 0 Å². The Labute approximate surface area is 136 Å². The predicted molar refractivity (Wildman–Crippen MR) is 91.3 cm³/mol. The van der Waals surface area contributed by atoms with Gasteiger partial charge in [0.15, 0.2) is 0 Å². The summed E-state index contributed by atoms with van der Waals surface area (Å²) in [6, 6.07) is 16.9. The fourth-order valence-corrected chi connectivity index (χ4v) is 2.86. The Kier molecular flexibility index (Phi) is 4.35. The van der Waals surface area contributed by atoms with E-state index in [1.54, 1.807) is 0 Å². The van der Waals surface area contributed by atoms with Crippen molar-refractivity contribution >= 4 is 11.7 Å². The summed E-state index contributed by atoms with van der Waals surface area (Å²) in [5.74, 6) is 0.212. The van der Waals surface area contributed by atoms with E-state index in [1.807, 2.05) is 61.5 Å². The zero-order valence-corrected chi connectivity index (χ0v) is 13.3. The van der Waals surface area contributed by atoms with Crippen molar-refractivity contribution in [2.75, 3.05) is 11.9 Å². The van der Waals surface area contributed by atoms with E-state index in [1.165, 1.54) is 0 Å². The van der Waals surface area contributed by atoms with Gasteiger partial charge in [-0.1, -0.05) is 48.5 Å². The van der Waals surface area contributed by atoms with Crippen molar-refractivity contribution in [2.45, 2.75) is 25.4 Å². The van der Waals surface area contributed by atoms with Gasteiger partial charge in [-0.2, -0.15) is 0 Å². The molecule has 4 nitrogen and oxygen atoms in total. The molecule has 0 bridgehead atoms. The van der Waals surface area contributed by atoms with Crippen LogP contribution in [0.3, 0.4) is 0 Å². The average Bonchev–Trinajstić information content (AvgIpc) is 3.41. The molecule has 2 aromatic carbocycles. The molecule has 1 fully saturated rings. The van der Waals surface area contributed by atoms with Crippen molar-refractivity contribution < 1.29 is 9.90 Å². The maximum absolute atomic E-state index is 12.2. The standard InChI is InChI=1S/C19H22N2O2/c1-14-7-5-6-10-17(14)21-18(22)20-13-19(23,16-11-12-16)15-8-3-2-4-9-15/h2-10,16,23H,11-13H2,1H3,(H2,20,21,22). The van der Waals surface area contributed by atoms with E-state index in [-0.39, 0.29) is 18.5 Å². The Balaban J connectivity index is 1.66. The SMILES string of the molecule is Cc1ccccc1NC(=O)NCC(O)(c1ccccc1)C1CC1. The Morgan fingerprint density at radius 3 is 2.43 bits per heavy atom. The van der Waals surface area contributed by atoms with E-state index < -0.39 is 5.60 Å². The average molecular weight is 310 g/mol. The second kappa shape index (κ2) is 6.42. The minimum absolute atomic E-state index is 0.208. The number of aliphatic hydroxyl groups is 1. The summed E-state index contributed by atoms with van der Waals surface area (Å²) in [4.78, 5) is 12.2. The van der Waals surface area contributed by atoms with Crippen molar-refractivity contribution in [2.24, 2.45) is 5.92 Å². The number of benzene rings is 2. The first-order valence-electron chi connectivity index (χ1n) is 7.98. The fraction of sp³-hybridized carbons (Fsp3) is 0.316. The molecular weight excluding hydrogens is 288 g/mol. The number of nitrogens with one attached hydrogen (secondary N) is 2. The van der Waals surface area contributed by atoms with E-state index in [4.69, 9.17) is 0 Å². The van der Waals surface area contributed by atoms with E-state index in [0.29, 0.717) is 0 Å². The van der Waals surface area contributed by atoms with E-state index >= 15 is 0 Å². The number of amides is 2. The van der Waals surface area contributed by atoms with Crippen LogP contribution in [0, 0.1) is 12.8 Å². The van der Waals surface area contributed by atoms with Gasteiger partial charge in [-0.3, -0.25) is 0 Å². The van der Waals surface area contributed by atoms with Gasteiger partial charge in [-0.25, -0.2) is 4.79 Å². The molecule has 3 N–H and O–H groups in total. The van der Waals surface area contributed by atoms with Crippen molar-refractivity contribution in [3.8, 4) is 0 Å². The van der Waals surface area contributed by atoms with Crippen molar-refractivity contribution in [3.05, 3.63) is 65.7 Å². The van der Waals surface area contributed by atoms with Gasteiger partial charge in [0.25, 0.3) is 0 Å². The molecular formula is C19H22N2O2. The molecule has 3 rings (SSSR count). The van der Waals surface area contributed by atoms with E-state index in [2.05, 4.69) is 10.6 Å². The molecule has 120 valence electrons. The second-order valence-electron chi connectivity index (χ2n) is 6.19. The lowest BCUT2D eigenvalue weighted by molar-refractivity contribution is 0.0164. The Morgan fingerprint density at radius 1 is 1.13 bits per heavy atom. The molecule has 1 unspecified atom stereocenters. The molecule has 0 aromatic heterocycles. The van der Waals surface area contributed by atoms with Crippen LogP contribution >= 0.6 is 0 Å². The van der Waals surface area contributed by atoms with Crippen LogP contribution in [0.5, 0.6) is 0 Å². The van der Waals surface area contributed by atoms with Crippen LogP contribution in [0.25, 0.3) is 0 Å². The minimum Gasteiger partial charge on any atom is -0.383 e. The normalized spacial score (nSPS) is 16.4.